The number of amidine groups is 1. The molecule has 6 nitrogen and oxygen atoms in total. The van der Waals surface area contributed by atoms with Crippen LogP contribution >= 0.6 is 0 Å². The standard InChI is InChI=1S/C15H14N6/c1-10-6-5-9-12(14(16)17)13(10)21-19-15(18-20-21)11-7-3-2-4-8-11/h2-9H,1H3,(H3,16,17). The molecule has 21 heavy (non-hydrogen) atoms. The Balaban J connectivity index is 2.11. The van der Waals surface area contributed by atoms with Crippen LogP contribution in [0.5, 0.6) is 0 Å². The van der Waals surface area contributed by atoms with Crippen molar-refractivity contribution in [1.29, 1.82) is 5.41 Å². The highest BCUT2D eigenvalue weighted by molar-refractivity contribution is 5.98. The van der Waals surface area contributed by atoms with Gasteiger partial charge in [-0.05, 0) is 23.8 Å². The van der Waals surface area contributed by atoms with E-state index in [1.807, 2.05) is 49.4 Å². The van der Waals surface area contributed by atoms with E-state index in [1.165, 1.54) is 4.80 Å². The van der Waals surface area contributed by atoms with E-state index in [0.29, 0.717) is 17.1 Å². The van der Waals surface area contributed by atoms with Gasteiger partial charge in [0, 0.05) is 11.1 Å². The third kappa shape index (κ3) is 2.38. The summed E-state index contributed by atoms with van der Waals surface area (Å²) in [5.41, 5.74) is 8.72. The fraction of sp³-hybridized carbons (Fsp3) is 0.0667. The Bertz CT molecular complexity index is 791. The summed E-state index contributed by atoms with van der Waals surface area (Å²) in [7, 11) is 0. The van der Waals surface area contributed by atoms with Crippen LogP contribution in [0.25, 0.3) is 17.1 Å². The number of benzene rings is 2. The fourth-order valence-electron chi connectivity index (χ4n) is 2.15. The minimum absolute atomic E-state index is 0.0211. The number of aromatic nitrogens is 4. The summed E-state index contributed by atoms with van der Waals surface area (Å²) in [6, 6.07) is 15.2. The molecule has 0 amide bonds. The monoisotopic (exact) mass is 278 g/mol. The van der Waals surface area contributed by atoms with E-state index < -0.39 is 0 Å². The van der Waals surface area contributed by atoms with Crippen molar-refractivity contribution in [3.8, 4) is 17.1 Å². The van der Waals surface area contributed by atoms with Gasteiger partial charge in [-0.25, -0.2) is 0 Å². The number of hydrogen-bond donors (Lipinski definition) is 2. The minimum Gasteiger partial charge on any atom is -0.384 e. The van der Waals surface area contributed by atoms with Gasteiger partial charge < -0.3 is 5.73 Å². The minimum atomic E-state index is -0.0211. The maximum Gasteiger partial charge on any atom is 0.205 e. The third-order valence-corrected chi connectivity index (χ3v) is 3.17. The molecule has 0 spiro atoms. The Kier molecular flexibility index (Phi) is 3.19. The Morgan fingerprint density at radius 1 is 1.10 bits per heavy atom. The summed E-state index contributed by atoms with van der Waals surface area (Å²) in [4.78, 5) is 1.42. The number of tetrazole rings is 1. The van der Waals surface area contributed by atoms with Crippen molar-refractivity contribution in [3.63, 3.8) is 0 Å². The van der Waals surface area contributed by atoms with Crippen LogP contribution in [0.2, 0.25) is 0 Å². The number of nitrogens with one attached hydrogen (secondary N) is 1. The van der Waals surface area contributed by atoms with Gasteiger partial charge in [0.25, 0.3) is 0 Å². The van der Waals surface area contributed by atoms with E-state index in [2.05, 4.69) is 15.4 Å². The number of hydrogen-bond acceptors (Lipinski definition) is 4. The van der Waals surface area contributed by atoms with E-state index in [-0.39, 0.29) is 5.84 Å². The van der Waals surface area contributed by atoms with Crippen LogP contribution in [0, 0.1) is 12.3 Å². The van der Waals surface area contributed by atoms with Gasteiger partial charge in [0.1, 0.15) is 11.5 Å². The van der Waals surface area contributed by atoms with E-state index in [9.17, 15) is 0 Å². The predicted molar refractivity (Wildman–Crippen MR) is 80.3 cm³/mol. The Morgan fingerprint density at radius 2 is 1.86 bits per heavy atom. The fourth-order valence-corrected chi connectivity index (χ4v) is 2.15. The summed E-state index contributed by atoms with van der Waals surface area (Å²) in [6.45, 7) is 1.92. The lowest BCUT2D eigenvalue weighted by atomic mass is 10.1. The number of rotatable bonds is 3. The lowest BCUT2D eigenvalue weighted by molar-refractivity contribution is 0.714. The van der Waals surface area contributed by atoms with Gasteiger partial charge in [-0.2, -0.15) is 0 Å². The van der Waals surface area contributed by atoms with Crippen LogP contribution in [0.4, 0.5) is 0 Å². The number of nitrogens with two attached hydrogens (primary N) is 1. The van der Waals surface area contributed by atoms with Crippen LogP contribution < -0.4 is 5.73 Å². The van der Waals surface area contributed by atoms with Crippen molar-refractivity contribution in [2.24, 2.45) is 5.73 Å². The molecule has 1 aromatic heterocycles. The lowest BCUT2D eigenvalue weighted by Gasteiger charge is -2.09. The first kappa shape index (κ1) is 13.0. The predicted octanol–water partition coefficient (Wildman–Crippen LogP) is 1.92. The van der Waals surface area contributed by atoms with Gasteiger partial charge in [-0.1, -0.05) is 42.5 Å². The van der Waals surface area contributed by atoms with Crippen LogP contribution in [-0.2, 0) is 0 Å². The molecule has 104 valence electrons. The second-order valence-corrected chi connectivity index (χ2v) is 4.65. The van der Waals surface area contributed by atoms with Crippen molar-refractivity contribution >= 4 is 5.84 Å². The molecule has 0 unspecified atom stereocenters. The van der Waals surface area contributed by atoms with Gasteiger partial charge in [-0.3, -0.25) is 5.41 Å². The Hall–Kier alpha value is -3.02. The smallest absolute Gasteiger partial charge is 0.205 e. The van der Waals surface area contributed by atoms with Crippen molar-refractivity contribution in [3.05, 3.63) is 59.7 Å². The summed E-state index contributed by atoms with van der Waals surface area (Å²) in [5.74, 6) is 0.514. The molecular weight excluding hydrogens is 264 g/mol. The first-order chi connectivity index (χ1) is 10.2. The lowest BCUT2D eigenvalue weighted by Crippen LogP contribution is -2.16. The van der Waals surface area contributed by atoms with Crippen molar-refractivity contribution in [1.82, 2.24) is 20.2 Å². The summed E-state index contributed by atoms with van der Waals surface area (Å²) < 4.78 is 0. The van der Waals surface area contributed by atoms with Gasteiger partial charge in [0.2, 0.25) is 5.82 Å². The van der Waals surface area contributed by atoms with Gasteiger partial charge in [0.15, 0.2) is 0 Å². The van der Waals surface area contributed by atoms with Gasteiger partial charge in [-0.15, -0.1) is 15.0 Å². The molecule has 0 aliphatic heterocycles. The molecule has 0 fully saturated rings. The molecule has 0 saturated carbocycles. The van der Waals surface area contributed by atoms with Crippen LogP contribution in [0.3, 0.4) is 0 Å². The molecule has 0 aliphatic carbocycles. The average Bonchev–Trinajstić information content (AvgIpc) is 2.97. The Morgan fingerprint density at radius 3 is 2.57 bits per heavy atom. The highest BCUT2D eigenvalue weighted by Gasteiger charge is 2.14. The maximum atomic E-state index is 7.68. The van der Waals surface area contributed by atoms with Crippen LogP contribution in [-0.4, -0.2) is 26.0 Å². The quantitative estimate of drug-likeness (QED) is 0.565. The molecular formula is C15H14N6. The molecule has 0 aliphatic rings. The molecule has 0 saturated heterocycles. The highest BCUT2D eigenvalue weighted by Crippen LogP contribution is 2.19. The van der Waals surface area contributed by atoms with Gasteiger partial charge in [0.05, 0.1) is 0 Å². The number of nitrogen functional groups attached to an aromatic ring is 1. The molecule has 2 aromatic carbocycles. The number of para-hydroxylation sites is 1. The van der Waals surface area contributed by atoms with Crippen molar-refractivity contribution < 1.29 is 0 Å². The zero-order chi connectivity index (χ0) is 14.8. The molecule has 6 heteroatoms. The maximum absolute atomic E-state index is 7.68. The number of aryl methyl sites for hydroxylation is 1. The zero-order valence-electron chi connectivity index (χ0n) is 11.5. The topological polar surface area (TPSA) is 93.5 Å². The second-order valence-electron chi connectivity index (χ2n) is 4.65. The third-order valence-electron chi connectivity index (χ3n) is 3.17. The van der Waals surface area contributed by atoms with Crippen molar-refractivity contribution in [2.75, 3.05) is 0 Å². The summed E-state index contributed by atoms with van der Waals surface area (Å²) in [5, 5.41) is 20.2. The SMILES string of the molecule is Cc1cccc(C(=N)N)c1-n1nnc(-c2ccccc2)n1. The van der Waals surface area contributed by atoms with E-state index >= 15 is 0 Å². The normalized spacial score (nSPS) is 10.5. The molecule has 0 radical (unpaired) electrons. The zero-order valence-corrected chi connectivity index (χ0v) is 11.5. The highest BCUT2D eigenvalue weighted by atomic mass is 15.6. The van der Waals surface area contributed by atoms with E-state index in [4.69, 9.17) is 11.1 Å². The van der Waals surface area contributed by atoms with E-state index in [1.54, 1.807) is 6.07 Å². The molecule has 3 N–H and O–H groups in total. The molecule has 1 heterocycles. The van der Waals surface area contributed by atoms with Crippen LogP contribution in [0.15, 0.2) is 48.5 Å². The summed E-state index contributed by atoms with van der Waals surface area (Å²) >= 11 is 0. The molecule has 0 bridgehead atoms. The largest absolute Gasteiger partial charge is 0.384 e. The first-order valence-electron chi connectivity index (χ1n) is 6.46. The van der Waals surface area contributed by atoms with Crippen LogP contribution in [0.1, 0.15) is 11.1 Å². The van der Waals surface area contributed by atoms with Gasteiger partial charge >= 0.3 is 0 Å². The van der Waals surface area contributed by atoms with Crippen molar-refractivity contribution in [2.45, 2.75) is 6.92 Å². The molecule has 3 aromatic rings. The Labute approximate surface area is 121 Å². The van der Waals surface area contributed by atoms with E-state index in [0.717, 1.165) is 11.1 Å². The summed E-state index contributed by atoms with van der Waals surface area (Å²) in [6.07, 6.45) is 0. The molecule has 3 rings (SSSR count). The second kappa shape index (κ2) is 5.16. The molecule has 0 atom stereocenters. The average molecular weight is 278 g/mol. The number of nitrogens with zero attached hydrogens (tertiary/aromatic N) is 4. The first-order valence-corrected chi connectivity index (χ1v) is 6.46.